The van der Waals surface area contributed by atoms with Crippen LogP contribution in [0, 0.1) is 0 Å². The number of hydrogen-bond donors (Lipinski definition) is 0. The normalized spacial score (nSPS) is 12.1. The van der Waals surface area contributed by atoms with Crippen molar-refractivity contribution in [3.05, 3.63) is 24.3 Å². The lowest BCUT2D eigenvalue weighted by molar-refractivity contribution is -0.159. The van der Waals surface area contributed by atoms with Gasteiger partial charge in [0.05, 0.1) is 6.61 Å². The van der Waals surface area contributed by atoms with Gasteiger partial charge in [-0.1, -0.05) is 212 Å². The molecule has 1 atom stereocenters. The van der Waals surface area contributed by atoms with E-state index in [1.807, 2.05) is 0 Å². The van der Waals surface area contributed by atoms with Crippen LogP contribution in [-0.4, -0.2) is 37.2 Å². The van der Waals surface area contributed by atoms with Crippen LogP contribution in [0.15, 0.2) is 24.3 Å². The van der Waals surface area contributed by atoms with Gasteiger partial charge in [0, 0.05) is 19.3 Å². The highest BCUT2D eigenvalue weighted by atomic mass is 16.6. The lowest BCUT2D eigenvalue weighted by Crippen LogP contribution is -2.25. The minimum absolute atomic E-state index is 0.0979. The fourth-order valence-electron chi connectivity index (χ4n) is 8.03. The van der Waals surface area contributed by atoms with E-state index in [9.17, 15) is 14.4 Å². The van der Waals surface area contributed by atoms with Gasteiger partial charge in [-0.05, 0) is 89.9 Å². The molecule has 0 aliphatic carbocycles. The summed E-state index contributed by atoms with van der Waals surface area (Å²) >= 11 is 0. The molecule has 0 fully saturated rings. The van der Waals surface area contributed by atoms with Crippen LogP contribution in [0.4, 0.5) is 0 Å². The number of allylic oxidation sites excluding steroid dienone is 4. The summed E-state index contributed by atoms with van der Waals surface area (Å²) in [7, 11) is 0. The van der Waals surface area contributed by atoms with Crippen LogP contribution in [0.2, 0.25) is 0 Å². The second-order valence-corrected chi connectivity index (χ2v) is 18.5. The quantitative estimate of drug-likeness (QED) is 0.0262. The molecule has 0 aromatic carbocycles. The number of carbonyl (C=O) groups is 3. The Hall–Kier alpha value is -2.11. The molecule has 0 heterocycles. The van der Waals surface area contributed by atoms with E-state index in [2.05, 4.69) is 45.1 Å². The summed E-state index contributed by atoms with van der Waals surface area (Å²) in [5, 5.41) is 0. The smallest absolute Gasteiger partial charge is 0.306 e. The Bertz CT molecular complexity index is 1000. The average molecular weight is 873 g/mol. The molecule has 0 N–H and O–H groups in total. The van der Waals surface area contributed by atoms with Gasteiger partial charge >= 0.3 is 17.9 Å². The first-order chi connectivity index (χ1) is 30.5. The van der Waals surface area contributed by atoms with Crippen LogP contribution in [0.3, 0.4) is 0 Å². The summed E-state index contributed by atoms with van der Waals surface area (Å²) in [5.41, 5.74) is 0. The van der Waals surface area contributed by atoms with Crippen LogP contribution in [0.5, 0.6) is 0 Å². The molecule has 0 aromatic rings. The third-order valence-electron chi connectivity index (χ3n) is 12.2. The highest BCUT2D eigenvalue weighted by molar-refractivity contribution is 5.70. The first-order valence-electron chi connectivity index (χ1n) is 27.3. The molecular weight excluding hydrogens is 769 g/mol. The van der Waals surface area contributed by atoms with Crippen molar-refractivity contribution in [2.75, 3.05) is 13.2 Å². The fraction of sp³-hybridized carbons (Fsp3) is 0.875. The van der Waals surface area contributed by atoms with E-state index in [1.54, 1.807) is 0 Å². The third-order valence-corrected chi connectivity index (χ3v) is 12.2. The van der Waals surface area contributed by atoms with Gasteiger partial charge in [0.15, 0.2) is 0 Å². The van der Waals surface area contributed by atoms with E-state index in [4.69, 9.17) is 14.2 Å². The molecular formula is C56H104O6. The maximum atomic E-state index is 12.8. The Morgan fingerprint density at radius 1 is 0.339 bits per heavy atom. The molecule has 0 saturated carbocycles. The highest BCUT2D eigenvalue weighted by Gasteiger charge is 2.17. The van der Waals surface area contributed by atoms with Crippen molar-refractivity contribution in [1.82, 2.24) is 0 Å². The van der Waals surface area contributed by atoms with Gasteiger partial charge in [-0.2, -0.15) is 0 Å². The molecule has 0 aromatic heterocycles. The topological polar surface area (TPSA) is 78.9 Å². The van der Waals surface area contributed by atoms with Gasteiger partial charge in [-0.3, -0.25) is 14.4 Å². The second-order valence-electron chi connectivity index (χ2n) is 18.5. The molecule has 364 valence electrons. The summed E-state index contributed by atoms with van der Waals surface area (Å²) in [4.78, 5) is 37.8. The van der Waals surface area contributed by atoms with Gasteiger partial charge in [0.1, 0.15) is 12.7 Å². The lowest BCUT2D eigenvalue weighted by atomic mass is 10.1. The summed E-state index contributed by atoms with van der Waals surface area (Å²) in [6.45, 7) is 7.27. The zero-order valence-electron chi connectivity index (χ0n) is 41.7. The predicted molar refractivity (Wildman–Crippen MR) is 266 cm³/mol. The number of esters is 3. The van der Waals surface area contributed by atoms with Gasteiger partial charge < -0.3 is 14.2 Å². The summed E-state index contributed by atoms with van der Waals surface area (Å²) in [6, 6.07) is 0. The zero-order valence-corrected chi connectivity index (χ0v) is 41.7. The van der Waals surface area contributed by atoms with Crippen molar-refractivity contribution in [2.45, 2.75) is 303 Å². The number of rotatable bonds is 50. The standard InChI is InChI=1S/C56H104O6/c1-4-7-10-13-16-19-22-24-26-28-31-34-37-40-43-49-55(58)61-52-53(47-45-46-51-60-54(57)48-42-39-36-33-30-21-18-15-12-9-6-3)62-56(59)50-44-41-38-35-32-29-27-25-23-20-17-14-11-8-5-2/h24-27,53H,4-23,28-52H2,1-3H3/b26-24-,27-25-. The molecule has 6 nitrogen and oxygen atoms in total. The van der Waals surface area contributed by atoms with E-state index in [0.29, 0.717) is 38.7 Å². The zero-order chi connectivity index (χ0) is 45.1. The Morgan fingerprint density at radius 3 is 1.02 bits per heavy atom. The van der Waals surface area contributed by atoms with Crippen molar-refractivity contribution in [2.24, 2.45) is 0 Å². The van der Waals surface area contributed by atoms with Gasteiger partial charge in [-0.15, -0.1) is 0 Å². The molecule has 6 heteroatoms. The van der Waals surface area contributed by atoms with Crippen LogP contribution < -0.4 is 0 Å². The highest BCUT2D eigenvalue weighted by Crippen LogP contribution is 2.16. The lowest BCUT2D eigenvalue weighted by Gasteiger charge is -2.18. The Balaban J connectivity index is 4.34. The van der Waals surface area contributed by atoms with E-state index in [0.717, 1.165) is 70.6 Å². The monoisotopic (exact) mass is 873 g/mol. The Kier molecular flexibility index (Phi) is 49.8. The molecule has 0 saturated heterocycles. The minimum atomic E-state index is -0.462. The summed E-state index contributed by atoms with van der Waals surface area (Å²) in [5.74, 6) is -0.537. The molecule has 1 unspecified atom stereocenters. The molecule has 0 radical (unpaired) electrons. The van der Waals surface area contributed by atoms with Crippen molar-refractivity contribution >= 4 is 17.9 Å². The van der Waals surface area contributed by atoms with Crippen LogP contribution in [-0.2, 0) is 28.6 Å². The van der Waals surface area contributed by atoms with Gasteiger partial charge in [-0.25, -0.2) is 0 Å². The minimum Gasteiger partial charge on any atom is -0.466 e. The maximum Gasteiger partial charge on any atom is 0.306 e. The first kappa shape index (κ1) is 59.9. The average Bonchev–Trinajstić information content (AvgIpc) is 3.27. The van der Waals surface area contributed by atoms with E-state index in [1.165, 1.54) is 173 Å². The molecule has 0 aliphatic heterocycles. The van der Waals surface area contributed by atoms with E-state index >= 15 is 0 Å². The fourth-order valence-corrected chi connectivity index (χ4v) is 8.03. The maximum absolute atomic E-state index is 12.8. The number of carbonyl (C=O) groups excluding carboxylic acids is 3. The van der Waals surface area contributed by atoms with Crippen molar-refractivity contribution in [3.63, 3.8) is 0 Å². The van der Waals surface area contributed by atoms with E-state index in [-0.39, 0.29) is 24.5 Å². The molecule has 0 bridgehead atoms. The van der Waals surface area contributed by atoms with Crippen LogP contribution in [0.1, 0.15) is 297 Å². The van der Waals surface area contributed by atoms with Crippen molar-refractivity contribution in [3.8, 4) is 0 Å². The molecule has 62 heavy (non-hydrogen) atoms. The third kappa shape index (κ3) is 48.9. The van der Waals surface area contributed by atoms with Crippen molar-refractivity contribution < 1.29 is 28.6 Å². The summed E-state index contributed by atoms with van der Waals surface area (Å²) < 4.78 is 17.0. The van der Waals surface area contributed by atoms with Crippen LogP contribution >= 0.6 is 0 Å². The number of unbranched alkanes of at least 4 members (excludes halogenated alkanes) is 33. The largest absolute Gasteiger partial charge is 0.466 e. The molecule has 0 spiro atoms. The molecule has 0 aliphatic rings. The van der Waals surface area contributed by atoms with Crippen LogP contribution in [0.25, 0.3) is 0 Å². The van der Waals surface area contributed by atoms with Crippen molar-refractivity contribution in [1.29, 1.82) is 0 Å². The summed E-state index contributed by atoms with van der Waals surface area (Å²) in [6.07, 6.45) is 57.8. The SMILES string of the molecule is CCCCCCCC/C=C\CCCCCCCC(=O)OCC(CCCCOC(=O)CCCCCCCCCCCCC)OC(=O)CCCCCCC/C=C\CCCCCCCC. The second kappa shape index (κ2) is 51.5. The first-order valence-corrected chi connectivity index (χ1v) is 27.3. The number of hydrogen-bond acceptors (Lipinski definition) is 6. The van der Waals surface area contributed by atoms with E-state index < -0.39 is 6.10 Å². The predicted octanol–water partition coefficient (Wildman–Crippen LogP) is 17.9. The Labute approximate surface area is 385 Å². The van der Waals surface area contributed by atoms with Gasteiger partial charge in [0.2, 0.25) is 0 Å². The molecule has 0 amide bonds. The Morgan fingerprint density at radius 2 is 0.645 bits per heavy atom. The number of ether oxygens (including phenoxy) is 3. The molecule has 0 rings (SSSR count). The van der Waals surface area contributed by atoms with Gasteiger partial charge in [0.25, 0.3) is 0 Å².